The van der Waals surface area contributed by atoms with Gasteiger partial charge in [-0.2, -0.15) is 36.2 Å². The number of hydrogen-bond acceptors (Lipinski definition) is 9. The number of fused-ring (bicyclic) bond motifs is 2. The minimum Gasteiger partial charge on any atom is -0.367 e. The molecule has 2 saturated heterocycles. The minimum absolute atomic E-state index is 0. The first kappa shape index (κ1) is 38.2. The van der Waals surface area contributed by atoms with Gasteiger partial charge in [0.25, 0.3) is 0 Å². The second-order valence-electron chi connectivity index (χ2n) is 13.0. The molecule has 3 aromatic heterocycles. The molecular weight excluding hydrogens is 713 g/mol. The van der Waals surface area contributed by atoms with Gasteiger partial charge < -0.3 is 9.88 Å². The number of nitriles is 1. The molecule has 0 spiro atoms. The van der Waals surface area contributed by atoms with Crippen LogP contribution in [0.25, 0.3) is 21.1 Å². The highest BCUT2D eigenvalue weighted by Crippen LogP contribution is 2.34. The summed E-state index contributed by atoms with van der Waals surface area (Å²) >= 11 is 1.05. The van der Waals surface area contributed by atoms with Gasteiger partial charge >= 0.3 is 6.18 Å². The van der Waals surface area contributed by atoms with E-state index in [4.69, 9.17) is 0 Å². The number of aryl methyl sites for hydroxylation is 1. The van der Waals surface area contributed by atoms with E-state index in [9.17, 15) is 31.2 Å². The number of nitrogens with one attached hydrogen (secondary N) is 1. The Bertz CT molecular complexity index is 1940. The first-order chi connectivity index (χ1) is 23.3. The molecule has 0 aliphatic carbocycles. The minimum atomic E-state index is -4.27. The predicted molar refractivity (Wildman–Crippen MR) is 193 cm³/mol. The number of rotatable bonds is 11. The number of nitrogens with zero attached hydrogens (tertiary/aromatic N) is 7. The van der Waals surface area contributed by atoms with Crippen molar-refractivity contribution in [2.24, 2.45) is 0 Å². The molecule has 272 valence electrons. The average molecular weight is 755 g/mol. The normalized spacial score (nSPS) is 17.9. The summed E-state index contributed by atoms with van der Waals surface area (Å²) < 4.78 is 79.5. The van der Waals surface area contributed by atoms with Crippen molar-refractivity contribution in [3.63, 3.8) is 0 Å². The van der Waals surface area contributed by atoms with Crippen molar-refractivity contribution in [1.82, 2.24) is 28.6 Å². The van der Waals surface area contributed by atoms with Gasteiger partial charge in [-0.05, 0) is 56.0 Å². The molecule has 6 rings (SSSR count). The molecule has 1 N–H and O–H groups in total. The fraction of sp³-hybridized carbons (Fsp3) is 0.545. The summed E-state index contributed by atoms with van der Waals surface area (Å²) in [4.78, 5) is 13.9. The Morgan fingerprint density at radius 3 is 2.46 bits per heavy atom. The number of hydrogen-bond donors (Lipinski definition) is 1. The van der Waals surface area contributed by atoms with Gasteiger partial charge in [0.2, 0.25) is 10.0 Å². The van der Waals surface area contributed by atoms with Crippen molar-refractivity contribution in [3.05, 3.63) is 52.3 Å². The lowest BCUT2D eigenvalue weighted by Crippen LogP contribution is -2.52. The van der Waals surface area contributed by atoms with E-state index in [1.54, 1.807) is 6.07 Å². The summed E-state index contributed by atoms with van der Waals surface area (Å²) in [5.41, 5.74) is 3.88. The van der Waals surface area contributed by atoms with Crippen molar-refractivity contribution < 1.29 is 26.0 Å². The number of sulfonamides is 1. The molecule has 0 saturated carbocycles. The lowest BCUT2D eigenvalue weighted by atomic mass is 10.0. The molecule has 2 aliphatic heterocycles. The number of piperazine rings is 1. The smallest absolute Gasteiger partial charge is 0.367 e. The van der Waals surface area contributed by atoms with E-state index in [2.05, 4.69) is 57.1 Å². The summed E-state index contributed by atoms with van der Waals surface area (Å²) in [7, 11) is -3.58. The molecule has 0 amide bonds. The third-order valence-electron chi connectivity index (χ3n) is 9.73. The van der Waals surface area contributed by atoms with Crippen LogP contribution in [-0.2, 0) is 29.5 Å². The van der Waals surface area contributed by atoms with E-state index in [0.717, 1.165) is 60.3 Å². The van der Waals surface area contributed by atoms with Crippen LogP contribution in [0.3, 0.4) is 0 Å². The number of piperidine rings is 1. The highest BCUT2D eigenvalue weighted by molar-refractivity contribution is 7.89. The topological polar surface area (TPSA) is 110 Å². The van der Waals surface area contributed by atoms with Crippen LogP contribution in [0.5, 0.6) is 0 Å². The van der Waals surface area contributed by atoms with E-state index in [1.807, 2.05) is 10.6 Å². The van der Waals surface area contributed by atoms with Crippen LogP contribution in [0.15, 0.2) is 30.6 Å². The Kier molecular flexibility index (Phi) is 12.0. The summed E-state index contributed by atoms with van der Waals surface area (Å²) in [5.74, 6) is 0.0914. The Labute approximate surface area is 300 Å². The van der Waals surface area contributed by atoms with Crippen molar-refractivity contribution in [1.29, 1.82) is 5.26 Å². The van der Waals surface area contributed by atoms with Crippen LogP contribution in [0, 0.1) is 18.3 Å². The van der Waals surface area contributed by atoms with Gasteiger partial charge in [-0.25, -0.2) is 22.8 Å². The molecule has 1 aromatic carbocycles. The lowest BCUT2D eigenvalue weighted by molar-refractivity contribution is -0.126. The van der Waals surface area contributed by atoms with E-state index in [1.165, 1.54) is 16.2 Å². The SMILES string of the molecule is Cc1c(CN2CCC(Nc3ncnc4sc(CC(F)(F)F)cc34)CC2)ccc2c1cc(C#N)n2C[C@H](C)N1CCN(S(=O)(=O)CCF)CC1.S. The van der Waals surface area contributed by atoms with Crippen molar-refractivity contribution in [2.45, 2.75) is 64.5 Å². The largest absolute Gasteiger partial charge is 0.393 e. The molecule has 0 bridgehead atoms. The summed E-state index contributed by atoms with van der Waals surface area (Å²) in [6.07, 6.45) is -2.14. The van der Waals surface area contributed by atoms with E-state index in [0.29, 0.717) is 54.5 Å². The summed E-state index contributed by atoms with van der Waals surface area (Å²) in [6, 6.07) is 10.3. The van der Waals surface area contributed by atoms with Crippen LogP contribution in [-0.4, -0.2) is 107 Å². The molecule has 2 aliphatic rings. The number of alkyl halides is 4. The van der Waals surface area contributed by atoms with Gasteiger partial charge in [-0.1, -0.05) is 6.07 Å². The van der Waals surface area contributed by atoms with Crippen molar-refractivity contribution in [2.75, 3.05) is 57.0 Å². The average Bonchev–Trinajstić information content (AvgIpc) is 3.63. The fourth-order valence-electron chi connectivity index (χ4n) is 6.99. The van der Waals surface area contributed by atoms with Crippen LogP contribution >= 0.6 is 24.8 Å². The summed E-state index contributed by atoms with van der Waals surface area (Å²) in [6.45, 7) is 8.05. The zero-order chi connectivity index (χ0) is 34.9. The quantitative estimate of drug-likeness (QED) is 0.202. The Balaban J connectivity index is 0.00000486. The number of anilines is 1. The van der Waals surface area contributed by atoms with Crippen LogP contribution < -0.4 is 5.32 Å². The Morgan fingerprint density at radius 1 is 1.08 bits per heavy atom. The molecule has 17 heteroatoms. The molecule has 0 radical (unpaired) electrons. The number of aromatic nitrogens is 3. The predicted octanol–water partition coefficient (Wildman–Crippen LogP) is 5.43. The number of halogens is 4. The van der Waals surface area contributed by atoms with Crippen molar-refractivity contribution in [3.8, 4) is 6.07 Å². The molecular formula is C33H42F4N8O2S3. The number of benzene rings is 1. The fourth-order valence-corrected chi connectivity index (χ4v) is 9.18. The first-order valence-corrected chi connectivity index (χ1v) is 18.9. The molecule has 10 nitrogen and oxygen atoms in total. The zero-order valence-electron chi connectivity index (χ0n) is 28.0. The standard InChI is InChI=1S/C33H40F4N8O2S2.H2S/c1-22(43-10-12-44(13-11-43)49(46,47)14-7-34)19-45-26(18-38)15-28-23(2)24(3-4-30(28)45)20-42-8-5-25(6-9-42)41-31-29-16-27(17-33(35,36)37)48-32(29)40-21-39-31;/h3-4,15-16,21-22,25H,5-14,17,19-20H2,1-2H3,(H,39,40,41);1H2/t22-;/m0./s1. The third-order valence-corrected chi connectivity index (χ3v) is 12.6. The van der Waals surface area contributed by atoms with Gasteiger partial charge in [0.15, 0.2) is 0 Å². The molecule has 5 heterocycles. The first-order valence-electron chi connectivity index (χ1n) is 16.4. The molecule has 0 unspecified atom stereocenters. The molecule has 1 atom stereocenters. The molecule has 2 fully saturated rings. The highest BCUT2D eigenvalue weighted by atomic mass is 32.2. The van der Waals surface area contributed by atoms with Gasteiger partial charge in [-0.3, -0.25) is 9.80 Å². The monoisotopic (exact) mass is 754 g/mol. The Hall–Kier alpha value is -3.01. The lowest BCUT2D eigenvalue weighted by Gasteiger charge is -2.37. The second-order valence-corrected chi connectivity index (χ2v) is 16.2. The van der Waals surface area contributed by atoms with E-state index < -0.39 is 35.0 Å². The third kappa shape index (κ3) is 8.54. The second kappa shape index (κ2) is 15.7. The van der Waals surface area contributed by atoms with Crippen molar-refractivity contribution >= 4 is 61.8 Å². The maximum absolute atomic E-state index is 12.9. The van der Waals surface area contributed by atoms with Gasteiger partial charge in [0, 0.05) is 80.2 Å². The van der Waals surface area contributed by atoms with E-state index in [-0.39, 0.29) is 30.5 Å². The van der Waals surface area contributed by atoms with E-state index >= 15 is 0 Å². The number of likely N-dealkylation sites (tertiary alicyclic amines) is 1. The maximum Gasteiger partial charge on any atom is 0.393 e. The molecule has 4 aromatic rings. The highest BCUT2D eigenvalue weighted by Gasteiger charge is 2.31. The van der Waals surface area contributed by atoms with Crippen LogP contribution in [0.4, 0.5) is 23.4 Å². The maximum atomic E-state index is 12.9. The van der Waals surface area contributed by atoms with Gasteiger partial charge in [-0.15, -0.1) is 11.3 Å². The summed E-state index contributed by atoms with van der Waals surface area (Å²) in [5, 5.41) is 15.1. The Morgan fingerprint density at radius 2 is 1.80 bits per heavy atom. The van der Waals surface area contributed by atoms with Gasteiger partial charge in [0.05, 0.1) is 17.6 Å². The van der Waals surface area contributed by atoms with Crippen LogP contribution in [0.2, 0.25) is 0 Å². The number of thiophene rings is 1. The molecule has 50 heavy (non-hydrogen) atoms. The van der Waals surface area contributed by atoms with Gasteiger partial charge in [0.1, 0.15) is 35.4 Å². The zero-order valence-corrected chi connectivity index (χ0v) is 30.6. The van der Waals surface area contributed by atoms with Crippen LogP contribution in [0.1, 0.15) is 41.5 Å².